The average Bonchev–Trinajstić information content (AvgIpc) is 2.48. The third-order valence-electron chi connectivity index (χ3n) is 3.18. The molecule has 2 N–H and O–H groups in total. The van der Waals surface area contributed by atoms with Gasteiger partial charge >= 0.3 is 0 Å². The van der Waals surface area contributed by atoms with Gasteiger partial charge in [0.1, 0.15) is 11.5 Å². The van der Waals surface area contributed by atoms with Gasteiger partial charge in [0, 0.05) is 12.1 Å². The van der Waals surface area contributed by atoms with Crippen molar-refractivity contribution in [3.05, 3.63) is 59.2 Å². The average molecular weight is 271 g/mol. The first-order valence-electron chi connectivity index (χ1n) is 6.91. The van der Waals surface area contributed by atoms with Gasteiger partial charge in [0.05, 0.1) is 6.61 Å². The lowest BCUT2D eigenvalue weighted by molar-refractivity contribution is 0.276. The fourth-order valence-electron chi connectivity index (χ4n) is 2.06. The Balaban J connectivity index is 2.17. The normalized spacial score (nSPS) is 10.6. The number of aliphatic hydroxyl groups is 1. The molecule has 0 aliphatic heterocycles. The Morgan fingerprint density at radius 2 is 1.90 bits per heavy atom. The summed E-state index contributed by atoms with van der Waals surface area (Å²) < 4.78 is 5.91. The van der Waals surface area contributed by atoms with Gasteiger partial charge in [0.2, 0.25) is 0 Å². The first kappa shape index (κ1) is 14.6. The van der Waals surface area contributed by atoms with Gasteiger partial charge in [-0.15, -0.1) is 0 Å². The van der Waals surface area contributed by atoms with Crippen LogP contribution in [0.25, 0.3) is 0 Å². The van der Waals surface area contributed by atoms with Crippen LogP contribution in [0.2, 0.25) is 0 Å². The molecule has 0 aliphatic carbocycles. The number of aryl methyl sites for hydroxylation is 1. The van der Waals surface area contributed by atoms with E-state index in [2.05, 4.69) is 24.4 Å². The Kier molecular flexibility index (Phi) is 5.16. The van der Waals surface area contributed by atoms with Crippen molar-refractivity contribution in [3.8, 4) is 11.5 Å². The Morgan fingerprint density at radius 1 is 1.10 bits per heavy atom. The molecule has 0 aromatic heterocycles. The standard InChI is InChI=1S/C17H21NO2/c1-3-18-11-14-8-9-16(13(2)10-14)20-17-7-5-4-6-15(17)12-19/h4-10,18-19H,3,11-12H2,1-2H3. The summed E-state index contributed by atoms with van der Waals surface area (Å²) in [5.41, 5.74) is 3.13. The minimum absolute atomic E-state index is 0.0201. The molecule has 0 fully saturated rings. The number of ether oxygens (including phenoxy) is 1. The van der Waals surface area contributed by atoms with E-state index in [0.717, 1.165) is 30.0 Å². The predicted molar refractivity (Wildman–Crippen MR) is 81.0 cm³/mol. The maximum Gasteiger partial charge on any atom is 0.132 e. The highest BCUT2D eigenvalue weighted by atomic mass is 16.5. The molecule has 3 nitrogen and oxygen atoms in total. The van der Waals surface area contributed by atoms with Crippen molar-refractivity contribution in [2.24, 2.45) is 0 Å². The van der Waals surface area contributed by atoms with E-state index in [4.69, 9.17) is 4.74 Å². The molecule has 0 aliphatic rings. The van der Waals surface area contributed by atoms with Gasteiger partial charge in [-0.05, 0) is 36.7 Å². The second kappa shape index (κ2) is 7.08. The molecule has 0 saturated heterocycles. The van der Waals surface area contributed by atoms with Crippen molar-refractivity contribution >= 4 is 0 Å². The maximum atomic E-state index is 9.32. The maximum absolute atomic E-state index is 9.32. The van der Waals surface area contributed by atoms with E-state index < -0.39 is 0 Å². The molecule has 2 aromatic carbocycles. The lowest BCUT2D eigenvalue weighted by atomic mass is 10.1. The summed E-state index contributed by atoms with van der Waals surface area (Å²) in [4.78, 5) is 0. The molecule has 0 radical (unpaired) electrons. The zero-order valence-electron chi connectivity index (χ0n) is 12.0. The lowest BCUT2D eigenvalue weighted by Gasteiger charge is -2.13. The summed E-state index contributed by atoms with van der Waals surface area (Å²) in [5.74, 6) is 1.53. The minimum Gasteiger partial charge on any atom is -0.457 e. The van der Waals surface area contributed by atoms with Crippen molar-refractivity contribution in [1.82, 2.24) is 5.32 Å². The summed E-state index contributed by atoms with van der Waals surface area (Å²) in [5, 5.41) is 12.6. The third-order valence-corrected chi connectivity index (χ3v) is 3.18. The van der Waals surface area contributed by atoms with Crippen LogP contribution in [0.3, 0.4) is 0 Å². The van der Waals surface area contributed by atoms with Gasteiger partial charge < -0.3 is 15.2 Å². The van der Waals surface area contributed by atoms with E-state index >= 15 is 0 Å². The SMILES string of the molecule is CCNCc1ccc(Oc2ccccc2CO)c(C)c1. The molecular weight excluding hydrogens is 250 g/mol. The Labute approximate surface area is 120 Å². The fourth-order valence-corrected chi connectivity index (χ4v) is 2.06. The van der Waals surface area contributed by atoms with Crippen molar-refractivity contribution in [3.63, 3.8) is 0 Å². The number of benzene rings is 2. The van der Waals surface area contributed by atoms with Crippen molar-refractivity contribution in [1.29, 1.82) is 0 Å². The van der Waals surface area contributed by atoms with Crippen LogP contribution in [0, 0.1) is 6.92 Å². The van der Waals surface area contributed by atoms with Crippen LogP contribution in [0.15, 0.2) is 42.5 Å². The van der Waals surface area contributed by atoms with Gasteiger partial charge in [0.15, 0.2) is 0 Å². The molecule has 0 saturated carbocycles. The first-order chi connectivity index (χ1) is 9.74. The second-order valence-corrected chi connectivity index (χ2v) is 4.75. The minimum atomic E-state index is -0.0201. The van der Waals surface area contributed by atoms with E-state index in [0.29, 0.717) is 5.75 Å². The highest BCUT2D eigenvalue weighted by molar-refractivity contribution is 5.42. The lowest BCUT2D eigenvalue weighted by Crippen LogP contribution is -2.11. The fraction of sp³-hybridized carbons (Fsp3) is 0.294. The summed E-state index contributed by atoms with van der Waals surface area (Å²) in [6.45, 7) is 5.93. The van der Waals surface area contributed by atoms with Gasteiger partial charge in [-0.25, -0.2) is 0 Å². The summed E-state index contributed by atoms with van der Waals surface area (Å²) in [6, 6.07) is 13.7. The number of para-hydroxylation sites is 1. The van der Waals surface area contributed by atoms with Crippen LogP contribution in [-0.4, -0.2) is 11.7 Å². The molecule has 106 valence electrons. The van der Waals surface area contributed by atoms with Gasteiger partial charge in [-0.1, -0.05) is 37.3 Å². The van der Waals surface area contributed by atoms with Crippen LogP contribution in [0.5, 0.6) is 11.5 Å². The third kappa shape index (κ3) is 3.59. The number of rotatable bonds is 6. The van der Waals surface area contributed by atoms with Gasteiger partial charge in [-0.2, -0.15) is 0 Å². The van der Waals surface area contributed by atoms with Crippen molar-refractivity contribution in [2.75, 3.05) is 6.54 Å². The van der Waals surface area contributed by atoms with Crippen LogP contribution < -0.4 is 10.1 Å². The smallest absolute Gasteiger partial charge is 0.132 e. The molecule has 0 atom stereocenters. The molecule has 0 heterocycles. The number of nitrogens with one attached hydrogen (secondary N) is 1. The van der Waals surface area contributed by atoms with Crippen LogP contribution in [0.4, 0.5) is 0 Å². The number of aliphatic hydroxyl groups excluding tert-OH is 1. The summed E-state index contributed by atoms with van der Waals surface area (Å²) in [7, 11) is 0. The van der Waals surface area contributed by atoms with Crippen LogP contribution >= 0.6 is 0 Å². The Bertz CT molecular complexity index is 567. The van der Waals surface area contributed by atoms with Crippen molar-refractivity contribution in [2.45, 2.75) is 27.0 Å². The largest absolute Gasteiger partial charge is 0.457 e. The highest BCUT2D eigenvalue weighted by Gasteiger charge is 2.06. The van der Waals surface area contributed by atoms with E-state index in [1.165, 1.54) is 5.56 Å². The number of hydrogen-bond donors (Lipinski definition) is 2. The van der Waals surface area contributed by atoms with Crippen LogP contribution in [-0.2, 0) is 13.2 Å². The van der Waals surface area contributed by atoms with E-state index in [9.17, 15) is 5.11 Å². The molecule has 0 amide bonds. The molecule has 0 spiro atoms. The van der Waals surface area contributed by atoms with Gasteiger partial charge in [-0.3, -0.25) is 0 Å². The molecular formula is C17H21NO2. The molecule has 20 heavy (non-hydrogen) atoms. The molecule has 0 unspecified atom stereocenters. The second-order valence-electron chi connectivity index (χ2n) is 4.75. The molecule has 2 rings (SSSR count). The van der Waals surface area contributed by atoms with Gasteiger partial charge in [0.25, 0.3) is 0 Å². The molecule has 2 aromatic rings. The molecule has 3 heteroatoms. The predicted octanol–water partition coefficient (Wildman–Crippen LogP) is 3.39. The van der Waals surface area contributed by atoms with E-state index in [1.54, 1.807) is 0 Å². The summed E-state index contributed by atoms with van der Waals surface area (Å²) >= 11 is 0. The van der Waals surface area contributed by atoms with E-state index in [1.807, 2.05) is 37.3 Å². The first-order valence-corrected chi connectivity index (χ1v) is 6.91. The quantitative estimate of drug-likeness (QED) is 0.846. The summed E-state index contributed by atoms with van der Waals surface area (Å²) in [6.07, 6.45) is 0. The highest BCUT2D eigenvalue weighted by Crippen LogP contribution is 2.28. The monoisotopic (exact) mass is 271 g/mol. The van der Waals surface area contributed by atoms with E-state index in [-0.39, 0.29) is 6.61 Å². The zero-order valence-corrected chi connectivity index (χ0v) is 12.0. The Hall–Kier alpha value is -1.84. The van der Waals surface area contributed by atoms with Crippen LogP contribution in [0.1, 0.15) is 23.6 Å². The molecule has 0 bridgehead atoms. The Morgan fingerprint density at radius 3 is 2.60 bits per heavy atom. The van der Waals surface area contributed by atoms with Crippen molar-refractivity contribution < 1.29 is 9.84 Å². The number of hydrogen-bond acceptors (Lipinski definition) is 3. The zero-order chi connectivity index (χ0) is 14.4. The topological polar surface area (TPSA) is 41.5 Å².